The zero-order chi connectivity index (χ0) is 25.3. The highest BCUT2D eigenvalue weighted by Crippen LogP contribution is 2.10. The lowest BCUT2D eigenvalue weighted by atomic mass is 10.1. The maximum atomic E-state index is 5.64. The van der Waals surface area contributed by atoms with Crippen LogP contribution in [0.2, 0.25) is 0 Å². The summed E-state index contributed by atoms with van der Waals surface area (Å²) in [6.07, 6.45) is 19.9. The van der Waals surface area contributed by atoms with Gasteiger partial charge in [-0.15, -0.1) is 0 Å². The van der Waals surface area contributed by atoms with Crippen molar-refractivity contribution in [1.82, 2.24) is 0 Å². The van der Waals surface area contributed by atoms with Crippen molar-refractivity contribution in [2.24, 2.45) is 0 Å². The third-order valence-corrected chi connectivity index (χ3v) is 5.89. The van der Waals surface area contributed by atoms with E-state index in [0.717, 1.165) is 26.1 Å². The molecule has 0 bridgehead atoms. The third-order valence-electron chi connectivity index (χ3n) is 5.89. The average Bonchev–Trinajstić information content (AvgIpc) is 2.87. The van der Waals surface area contributed by atoms with Gasteiger partial charge in [0.1, 0.15) is 0 Å². The van der Waals surface area contributed by atoms with Crippen LogP contribution < -0.4 is 0 Å². The van der Waals surface area contributed by atoms with Crippen molar-refractivity contribution in [3.8, 4) is 0 Å². The van der Waals surface area contributed by atoms with E-state index in [9.17, 15) is 0 Å². The molecule has 35 heavy (non-hydrogen) atoms. The normalized spacial score (nSPS) is 11.5. The number of hydrogen-bond donors (Lipinski definition) is 0. The van der Waals surface area contributed by atoms with E-state index in [-0.39, 0.29) is 0 Å². The van der Waals surface area contributed by atoms with Crippen LogP contribution >= 0.6 is 0 Å². The van der Waals surface area contributed by atoms with Crippen LogP contribution in [-0.4, -0.2) is 79.3 Å². The first kappa shape index (κ1) is 34.8. The molecule has 6 heteroatoms. The fraction of sp³-hybridized carbons (Fsp3) is 1.00. The summed E-state index contributed by atoms with van der Waals surface area (Å²) >= 11 is 0. The van der Waals surface area contributed by atoms with E-state index in [4.69, 9.17) is 28.4 Å². The molecule has 0 radical (unpaired) electrons. The lowest BCUT2D eigenvalue weighted by Crippen LogP contribution is -2.14. The second-order valence-corrected chi connectivity index (χ2v) is 9.27. The molecule has 212 valence electrons. The minimum absolute atomic E-state index is 0.583. The molecule has 0 N–H and O–H groups in total. The SMILES string of the molecule is CCCCCCCCCCCCOCCOCCOCCOCCOCCOCCCCCCC. The zero-order valence-corrected chi connectivity index (χ0v) is 23.5. The minimum atomic E-state index is 0.583. The van der Waals surface area contributed by atoms with Gasteiger partial charge in [-0.2, -0.15) is 0 Å². The molecule has 0 saturated carbocycles. The number of unbranched alkanes of at least 4 members (excludes halogenated alkanes) is 13. The summed E-state index contributed by atoms with van der Waals surface area (Å²) in [5.74, 6) is 0. The van der Waals surface area contributed by atoms with Crippen molar-refractivity contribution in [2.45, 2.75) is 110 Å². The summed E-state index contributed by atoms with van der Waals surface area (Å²) in [6.45, 7) is 12.4. The summed E-state index contributed by atoms with van der Waals surface area (Å²) in [5, 5.41) is 0. The lowest BCUT2D eigenvalue weighted by molar-refractivity contribution is -0.0169. The molecule has 0 aliphatic heterocycles. The molecule has 6 nitrogen and oxygen atoms in total. The number of rotatable bonds is 32. The van der Waals surface area contributed by atoms with Gasteiger partial charge in [0, 0.05) is 13.2 Å². The molecule has 0 aromatic heterocycles. The molecule has 0 fully saturated rings. The fourth-order valence-corrected chi connectivity index (χ4v) is 3.70. The molecule has 0 rings (SSSR count). The Morgan fingerprint density at radius 2 is 0.429 bits per heavy atom. The Labute approximate surface area is 218 Å². The molecule has 0 spiro atoms. The van der Waals surface area contributed by atoms with Crippen LogP contribution in [0, 0.1) is 0 Å². The van der Waals surface area contributed by atoms with Crippen molar-refractivity contribution in [2.75, 3.05) is 79.3 Å². The third kappa shape index (κ3) is 33.8. The summed E-state index contributed by atoms with van der Waals surface area (Å²) in [6, 6.07) is 0. The van der Waals surface area contributed by atoms with E-state index in [2.05, 4.69) is 13.8 Å². The van der Waals surface area contributed by atoms with E-state index in [1.807, 2.05) is 0 Å². The van der Waals surface area contributed by atoms with Gasteiger partial charge in [0.05, 0.1) is 66.1 Å². The van der Waals surface area contributed by atoms with E-state index in [1.54, 1.807) is 0 Å². The Morgan fingerprint density at radius 3 is 0.686 bits per heavy atom. The second kappa shape index (κ2) is 33.8. The van der Waals surface area contributed by atoms with Gasteiger partial charge in [-0.25, -0.2) is 0 Å². The van der Waals surface area contributed by atoms with Crippen LogP contribution in [0.15, 0.2) is 0 Å². The van der Waals surface area contributed by atoms with E-state index in [1.165, 1.54) is 83.5 Å². The fourth-order valence-electron chi connectivity index (χ4n) is 3.70. The van der Waals surface area contributed by atoms with Crippen LogP contribution in [0.25, 0.3) is 0 Å². The van der Waals surface area contributed by atoms with Gasteiger partial charge in [-0.1, -0.05) is 97.3 Å². The van der Waals surface area contributed by atoms with Crippen molar-refractivity contribution in [3.63, 3.8) is 0 Å². The molecule has 0 unspecified atom stereocenters. The highest BCUT2D eigenvalue weighted by atomic mass is 16.6. The monoisotopic (exact) mass is 504 g/mol. The summed E-state index contributed by atoms with van der Waals surface area (Å²) in [4.78, 5) is 0. The largest absolute Gasteiger partial charge is 0.379 e. The average molecular weight is 505 g/mol. The van der Waals surface area contributed by atoms with E-state index in [0.29, 0.717) is 66.1 Å². The van der Waals surface area contributed by atoms with Gasteiger partial charge in [-0.3, -0.25) is 0 Å². The Bertz CT molecular complexity index is 324. The molecular formula is C29H60O6. The number of ether oxygens (including phenoxy) is 6. The summed E-state index contributed by atoms with van der Waals surface area (Å²) in [7, 11) is 0. The molecule has 0 aliphatic rings. The number of hydrogen-bond acceptors (Lipinski definition) is 6. The van der Waals surface area contributed by atoms with Gasteiger partial charge < -0.3 is 28.4 Å². The van der Waals surface area contributed by atoms with Crippen LogP contribution in [0.5, 0.6) is 0 Å². The van der Waals surface area contributed by atoms with E-state index < -0.39 is 0 Å². The second-order valence-electron chi connectivity index (χ2n) is 9.27. The molecule has 0 atom stereocenters. The summed E-state index contributed by atoms with van der Waals surface area (Å²) in [5.41, 5.74) is 0. The van der Waals surface area contributed by atoms with Gasteiger partial charge >= 0.3 is 0 Å². The molecule has 0 aromatic rings. The molecule has 0 aromatic carbocycles. The molecule has 0 heterocycles. The molecule has 0 aliphatic carbocycles. The molecular weight excluding hydrogens is 444 g/mol. The Balaban J connectivity index is 3.00. The Morgan fingerprint density at radius 1 is 0.229 bits per heavy atom. The first-order valence-electron chi connectivity index (χ1n) is 14.9. The van der Waals surface area contributed by atoms with Crippen molar-refractivity contribution >= 4 is 0 Å². The molecule has 0 amide bonds. The zero-order valence-electron chi connectivity index (χ0n) is 23.5. The van der Waals surface area contributed by atoms with Gasteiger partial charge in [-0.05, 0) is 12.8 Å². The van der Waals surface area contributed by atoms with Gasteiger partial charge in [0.25, 0.3) is 0 Å². The van der Waals surface area contributed by atoms with Crippen LogP contribution in [-0.2, 0) is 28.4 Å². The van der Waals surface area contributed by atoms with Crippen molar-refractivity contribution < 1.29 is 28.4 Å². The molecule has 0 saturated heterocycles. The van der Waals surface area contributed by atoms with Crippen LogP contribution in [0.3, 0.4) is 0 Å². The topological polar surface area (TPSA) is 55.4 Å². The highest BCUT2D eigenvalue weighted by Gasteiger charge is 1.96. The Kier molecular flexibility index (Phi) is 33.5. The predicted molar refractivity (Wildman–Crippen MR) is 146 cm³/mol. The first-order chi connectivity index (χ1) is 17.4. The smallest absolute Gasteiger partial charge is 0.0701 e. The lowest BCUT2D eigenvalue weighted by Gasteiger charge is -2.08. The Hall–Kier alpha value is -0.240. The van der Waals surface area contributed by atoms with E-state index >= 15 is 0 Å². The van der Waals surface area contributed by atoms with Gasteiger partial charge in [0.15, 0.2) is 0 Å². The minimum Gasteiger partial charge on any atom is -0.379 e. The summed E-state index contributed by atoms with van der Waals surface area (Å²) < 4.78 is 33.2. The maximum Gasteiger partial charge on any atom is 0.0701 e. The first-order valence-corrected chi connectivity index (χ1v) is 14.9. The van der Waals surface area contributed by atoms with Crippen molar-refractivity contribution in [1.29, 1.82) is 0 Å². The van der Waals surface area contributed by atoms with Crippen LogP contribution in [0.1, 0.15) is 110 Å². The standard InChI is InChI=1S/C29H60O6/c1-3-5-7-9-10-11-12-13-15-17-19-31-21-23-33-25-27-35-29-28-34-26-24-32-22-20-30-18-16-14-8-6-4-2/h3-29H2,1-2H3. The van der Waals surface area contributed by atoms with Gasteiger partial charge in [0.2, 0.25) is 0 Å². The maximum absolute atomic E-state index is 5.64. The predicted octanol–water partition coefficient (Wildman–Crippen LogP) is 6.98. The van der Waals surface area contributed by atoms with Crippen molar-refractivity contribution in [3.05, 3.63) is 0 Å². The highest BCUT2D eigenvalue weighted by molar-refractivity contribution is 4.47. The quantitative estimate of drug-likeness (QED) is 0.0921. The van der Waals surface area contributed by atoms with Crippen LogP contribution in [0.4, 0.5) is 0 Å².